The molecule has 8 N–H and O–H groups in total. The first-order chi connectivity index (χ1) is 43.6. The molecule has 4 unspecified atom stereocenters. The number of fused-ring (bicyclic) bond motifs is 4. The summed E-state index contributed by atoms with van der Waals surface area (Å²) < 4.78 is 91.4. The highest BCUT2D eigenvalue weighted by Crippen LogP contribution is 2.52. The van der Waals surface area contributed by atoms with Gasteiger partial charge in [-0.25, -0.2) is 0 Å². The van der Waals surface area contributed by atoms with E-state index in [1.54, 1.807) is 28.0 Å². The van der Waals surface area contributed by atoms with Crippen molar-refractivity contribution >= 4 is 66.9 Å². The number of carbonyl (C=O) groups is 1. The number of carbonyl (C=O) groups excluding carboxylic acids is 1. The van der Waals surface area contributed by atoms with Gasteiger partial charge in [0, 0.05) is 83.0 Å². The fourth-order valence-electron chi connectivity index (χ4n) is 13.7. The Kier molecular flexibility index (Phi) is 21.9. The van der Waals surface area contributed by atoms with E-state index in [1.165, 1.54) is 22.5 Å². The number of aliphatic imine (C=N–C) groups is 1. The number of hydrogen-bond acceptors (Lipinski definition) is 12. The molecule has 0 radical (unpaired) electrons. The van der Waals surface area contributed by atoms with Gasteiger partial charge in [-0.1, -0.05) is 80.4 Å². The minimum atomic E-state index is -4.76. The zero-order valence-corrected chi connectivity index (χ0v) is 54.2. The largest absolute Gasteiger partial charge is 0.497 e. The number of alkyl halides is 6. The van der Waals surface area contributed by atoms with Gasteiger partial charge in [0.2, 0.25) is 5.91 Å². The number of nitrogens with zero attached hydrogens (tertiary/aromatic N) is 3. The predicted octanol–water partition coefficient (Wildman–Crippen LogP) is 9.15. The van der Waals surface area contributed by atoms with Crippen molar-refractivity contribution in [3.05, 3.63) is 206 Å². The molecule has 0 fully saturated rings. The van der Waals surface area contributed by atoms with Crippen LogP contribution in [0.4, 0.5) is 32.0 Å². The highest BCUT2D eigenvalue weighted by atomic mass is 28.3. The summed E-state index contributed by atoms with van der Waals surface area (Å²) in [6, 6.07) is 18.9. The van der Waals surface area contributed by atoms with E-state index in [4.69, 9.17) is 4.74 Å². The van der Waals surface area contributed by atoms with Crippen LogP contribution in [0.25, 0.3) is 11.1 Å². The van der Waals surface area contributed by atoms with Crippen molar-refractivity contribution in [2.24, 2.45) is 22.7 Å². The van der Waals surface area contributed by atoms with E-state index < -0.39 is 52.0 Å². The number of aliphatic hydroxyl groups excluding tert-OH is 1. The molecule has 9 rings (SSSR count). The number of methoxy groups -OCH3 is 1. The lowest BCUT2D eigenvalue weighted by Gasteiger charge is -2.47. The van der Waals surface area contributed by atoms with Crippen LogP contribution in [0.2, 0.25) is 13.1 Å². The summed E-state index contributed by atoms with van der Waals surface area (Å²) in [7, 11) is -1.40. The Morgan fingerprint density at radius 3 is 2.08 bits per heavy atom. The van der Waals surface area contributed by atoms with E-state index in [0.29, 0.717) is 75.2 Å². The minimum Gasteiger partial charge on any atom is -0.497 e. The first kappa shape index (κ1) is 69.2. The standard InChI is InChI=1S/C70H82B2F6N6O7Si/c1-42(2)67(85)81-26-12-28-83(38-45-16-19-49(69(73,74)75)34-62(45)71(87)88)40-60-54-14-10-11-15-55(54)61(41-84(29-13-27-82-68(86)43(3)4)39-46-17-20-50(70(76,77)78)35-63(46)72(89)90)59-33-44(18-23-56(59)60)47-30-48(32-53(31-47)91-7)66-57-24-21-51(79-5)36-64(57)92(8,9)65-37-52(80-6)22-25-58(65)66/h10-11,14,16-17,19-22,24-25,30-37,55-56,60,68,79,82,86-90H,1,3,12-13,15,18,23,26-29,38-41H2,2,4-9H3,(H,81,85). The maximum absolute atomic E-state index is 14.2. The average Bonchev–Trinajstić information content (AvgIpc) is 0.728. The summed E-state index contributed by atoms with van der Waals surface area (Å²) in [5.41, 5.74) is 10.1. The summed E-state index contributed by atoms with van der Waals surface area (Å²) >= 11 is 0. The molecular weight excluding hydrogens is 1200 g/mol. The van der Waals surface area contributed by atoms with Gasteiger partial charge in [-0.05, 0) is 208 Å². The Morgan fingerprint density at radius 1 is 0.826 bits per heavy atom. The molecule has 0 saturated heterocycles. The molecule has 4 aliphatic carbocycles. The fourth-order valence-corrected chi connectivity index (χ4v) is 16.7. The lowest BCUT2D eigenvalue weighted by atomic mass is 9.61. The van der Waals surface area contributed by atoms with Crippen molar-refractivity contribution in [2.75, 3.05) is 65.8 Å². The summed E-state index contributed by atoms with van der Waals surface area (Å²) in [6.07, 6.45) is 7.13. The van der Waals surface area contributed by atoms with Crippen LogP contribution in [0.3, 0.4) is 0 Å². The lowest BCUT2D eigenvalue weighted by molar-refractivity contribution is -0.138. The van der Waals surface area contributed by atoms with E-state index in [0.717, 1.165) is 85.8 Å². The SMILES string of the molecule is C=C(C)C(=O)NCCCN(Cc1ccc(C(F)(F)F)cc1B(O)O)CC1C2=CC=CCC2C(CN(CCCNC(O)C(=C)C)Cc2ccc(C(F)(F)F)cc2B(O)O)=C2C=C(c3cc(OC)cc(C4=C5C=CC(=NC)C=C5[Si](C)(C)c5cc(NC)ccc54)c3)CCC21. The molecule has 4 aromatic rings. The fraction of sp³-hybridized carbons (Fsp3) is 0.371. The second-order valence-corrected chi connectivity index (χ2v) is 29.5. The van der Waals surface area contributed by atoms with Crippen LogP contribution in [-0.2, 0) is 30.2 Å². The van der Waals surface area contributed by atoms with E-state index >= 15 is 0 Å². The number of hydrogen-bond donors (Lipinski definition) is 8. The van der Waals surface area contributed by atoms with Crippen LogP contribution in [-0.4, -0.2) is 136 Å². The quantitative estimate of drug-likeness (QED) is 0.00792. The molecule has 1 amide bonds. The lowest BCUT2D eigenvalue weighted by Crippen LogP contribution is -2.49. The highest BCUT2D eigenvalue weighted by Gasteiger charge is 2.44. The molecule has 1 heterocycles. The summed E-state index contributed by atoms with van der Waals surface area (Å²) in [4.78, 5) is 21.5. The van der Waals surface area contributed by atoms with Gasteiger partial charge < -0.3 is 40.6 Å². The highest BCUT2D eigenvalue weighted by molar-refractivity contribution is 6.98. The molecule has 0 spiro atoms. The zero-order valence-electron chi connectivity index (χ0n) is 53.2. The number of halogens is 6. The first-order valence-corrected chi connectivity index (χ1v) is 34.1. The van der Waals surface area contributed by atoms with E-state index in [9.17, 15) is 56.3 Å². The molecule has 1 aliphatic heterocycles. The van der Waals surface area contributed by atoms with Crippen molar-refractivity contribution in [1.82, 2.24) is 20.4 Å². The number of allylic oxidation sites excluding steroid dienone is 11. The van der Waals surface area contributed by atoms with Crippen molar-refractivity contribution < 1.29 is 61.1 Å². The molecule has 22 heteroatoms. The number of amides is 1. The first-order valence-electron chi connectivity index (χ1n) is 31.1. The van der Waals surface area contributed by atoms with Crippen LogP contribution >= 0.6 is 0 Å². The van der Waals surface area contributed by atoms with Crippen molar-refractivity contribution in [2.45, 2.75) is 90.7 Å². The second-order valence-electron chi connectivity index (χ2n) is 25.2. The zero-order chi connectivity index (χ0) is 66.6. The van der Waals surface area contributed by atoms with Gasteiger partial charge in [0.05, 0.1) is 23.9 Å². The molecular formula is C70H82B2F6N6O7Si. The maximum atomic E-state index is 14.2. The molecule has 486 valence electrons. The Hall–Kier alpha value is -7.11. The summed E-state index contributed by atoms with van der Waals surface area (Å²) in [5, 5.41) is 65.1. The topological polar surface area (TPSA) is 182 Å². The monoisotopic (exact) mass is 1280 g/mol. The number of ether oxygens (including phenoxy) is 1. The summed E-state index contributed by atoms with van der Waals surface area (Å²) in [5.74, 6) is -0.343. The van der Waals surface area contributed by atoms with Gasteiger partial charge in [-0.2, -0.15) is 26.3 Å². The van der Waals surface area contributed by atoms with Crippen LogP contribution in [0.5, 0.6) is 5.75 Å². The second kappa shape index (κ2) is 29.0. The molecule has 4 atom stereocenters. The van der Waals surface area contributed by atoms with Gasteiger partial charge in [0.1, 0.15) is 20.1 Å². The average molecular weight is 1280 g/mol. The number of rotatable bonds is 25. The molecule has 0 saturated carbocycles. The Morgan fingerprint density at radius 2 is 1.47 bits per heavy atom. The normalized spacial score (nSPS) is 19.2. The van der Waals surface area contributed by atoms with Gasteiger partial charge in [0.25, 0.3) is 0 Å². The third-order valence-corrected chi connectivity index (χ3v) is 22.1. The van der Waals surface area contributed by atoms with Crippen molar-refractivity contribution in [3.63, 3.8) is 0 Å². The minimum absolute atomic E-state index is 0.0170. The van der Waals surface area contributed by atoms with Gasteiger partial charge >= 0.3 is 26.6 Å². The van der Waals surface area contributed by atoms with Crippen LogP contribution in [0, 0.1) is 17.8 Å². The van der Waals surface area contributed by atoms with Crippen LogP contribution in [0.1, 0.15) is 84.9 Å². The number of nitrogens with one attached hydrogen (secondary N) is 3. The maximum Gasteiger partial charge on any atom is 0.488 e. The Labute approximate surface area is 537 Å². The molecule has 0 aromatic heterocycles. The van der Waals surface area contributed by atoms with Crippen molar-refractivity contribution in [3.8, 4) is 5.75 Å². The van der Waals surface area contributed by atoms with Crippen LogP contribution in [0.15, 0.2) is 172 Å². The van der Waals surface area contributed by atoms with Crippen LogP contribution < -0.4 is 36.8 Å². The number of benzene rings is 4. The van der Waals surface area contributed by atoms with E-state index in [-0.39, 0.29) is 71.9 Å². The molecule has 4 aromatic carbocycles. The molecule has 92 heavy (non-hydrogen) atoms. The predicted molar refractivity (Wildman–Crippen MR) is 358 cm³/mol. The van der Waals surface area contributed by atoms with E-state index in [2.05, 4.69) is 130 Å². The number of anilines is 1. The third kappa shape index (κ3) is 15.6. The van der Waals surface area contributed by atoms with Gasteiger partial charge in [0.15, 0.2) is 0 Å². The van der Waals surface area contributed by atoms with Gasteiger partial charge in [-0.3, -0.25) is 24.9 Å². The Bertz CT molecular complexity index is 3760. The van der Waals surface area contributed by atoms with Gasteiger partial charge in [-0.15, -0.1) is 0 Å². The number of aliphatic hydroxyl groups is 1. The molecule has 5 aliphatic rings. The smallest absolute Gasteiger partial charge is 0.488 e. The van der Waals surface area contributed by atoms with Crippen molar-refractivity contribution in [1.29, 1.82) is 0 Å². The molecule has 13 nitrogen and oxygen atoms in total. The third-order valence-electron chi connectivity index (χ3n) is 18.5. The summed E-state index contributed by atoms with van der Waals surface area (Å²) in [6.45, 7) is 17.6. The Balaban J connectivity index is 1.22. The van der Waals surface area contributed by atoms with E-state index in [1.807, 2.05) is 13.1 Å². The molecule has 0 bridgehead atoms.